The number of fused-ring (bicyclic) bond motifs is 1. The fourth-order valence-corrected chi connectivity index (χ4v) is 1.91. The maximum atomic E-state index is 10.5. The van der Waals surface area contributed by atoms with E-state index in [1.54, 1.807) is 12.3 Å². The van der Waals surface area contributed by atoms with Crippen molar-refractivity contribution < 1.29 is 13.6 Å². The molecule has 0 unspecified atom stereocenters. The minimum absolute atomic E-state index is 0.354. The lowest BCUT2D eigenvalue weighted by Crippen LogP contribution is -1.83. The Bertz CT molecular complexity index is 661. The largest absolute Gasteiger partial charge is 0.464 e. The third-order valence-electron chi connectivity index (χ3n) is 2.72. The molecule has 2 heterocycles. The van der Waals surface area contributed by atoms with Gasteiger partial charge in [-0.25, -0.2) is 0 Å². The van der Waals surface area contributed by atoms with E-state index in [-0.39, 0.29) is 0 Å². The molecule has 0 N–H and O–H groups in total. The fraction of sp³-hybridized carbons (Fsp3) is 0.0714. The highest BCUT2D eigenvalue weighted by molar-refractivity contribution is 5.81. The second kappa shape index (κ2) is 3.94. The fourth-order valence-electron chi connectivity index (χ4n) is 1.91. The second-order valence-corrected chi connectivity index (χ2v) is 3.86. The van der Waals surface area contributed by atoms with E-state index < -0.39 is 0 Å². The van der Waals surface area contributed by atoms with Crippen LogP contribution in [-0.2, 0) is 6.42 Å². The summed E-state index contributed by atoms with van der Waals surface area (Å²) in [6.45, 7) is 0. The summed E-state index contributed by atoms with van der Waals surface area (Å²) in [5, 5.41) is 1.08. The maximum Gasteiger partial charge on any atom is 0.185 e. The van der Waals surface area contributed by atoms with Crippen LogP contribution in [0.3, 0.4) is 0 Å². The summed E-state index contributed by atoms with van der Waals surface area (Å²) in [4.78, 5) is 10.5. The van der Waals surface area contributed by atoms with Crippen LogP contribution in [0.1, 0.15) is 21.9 Å². The van der Waals surface area contributed by atoms with E-state index in [1.165, 1.54) is 0 Å². The normalized spacial score (nSPS) is 10.8. The van der Waals surface area contributed by atoms with Gasteiger partial charge in [0.1, 0.15) is 11.3 Å². The number of benzene rings is 1. The van der Waals surface area contributed by atoms with Gasteiger partial charge in [0.25, 0.3) is 0 Å². The van der Waals surface area contributed by atoms with Crippen LogP contribution in [-0.4, -0.2) is 6.29 Å². The van der Waals surface area contributed by atoms with Crippen LogP contribution in [0.5, 0.6) is 0 Å². The van der Waals surface area contributed by atoms with Crippen molar-refractivity contribution in [3.8, 4) is 0 Å². The van der Waals surface area contributed by atoms with Gasteiger partial charge in [-0.05, 0) is 18.2 Å². The summed E-state index contributed by atoms with van der Waals surface area (Å²) in [6, 6.07) is 11.3. The van der Waals surface area contributed by atoms with Gasteiger partial charge < -0.3 is 8.83 Å². The van der Waals surface area contributed by atoms with Crippen molar-refractivity contribution in [1.82, 2.24) is 0 Å². The summed E-state index contributed by atoms with van der Waals surface area (Å²) < 4.78 is 10.8. The number of carbonyl (C=O) groups is 1. The third kappa shape index (κ3) is 1.76. The van der Waals surface area contributed by atoms with Crippen molar-refractivity contribution in [2.24, 2.45) is 0 Å². The highest BCUT2D eigenvalue weighted by atomic mass is 16.3. The van der Waals surface area contributed by atoms with Gasteiger partial charge in [-0.2, -0.15) is 0 Å². The predicted octanol–water partition coefficient (Wildman–Crippen LogP) is 3.43. The Kier molecular flexibility index (Phi) is 2.29. The van der Waals surface area contributed by atoms with Crippen LogP contribution in [0.2, 0.25) is 0 Å². The second-order valence-electron chi connectivity index (χ2n) is 3.86. The highest BCUT2D eigenvalue weighted by Crippen LogP contribution is 2.23. The topological polar surface area (TPSA) is 43.4 Å². The molecule has 0 spiro atoms. The van der Waals surface area contributed by atoms with Crippen molar-refractivity contribution in [2.45, 2.75) is 6.42 Å². The van der Waals surface area contributed by atoms with Gasteiger partial charge in [-0.1, -0.05) is 18.2 Å². The van der Waals surface area contributed by atoms with Gasteiger partial charge in [0.15, 0.2) is 12.0 Å². The van der Waals surface area contributed by atoms with Crippen molar-refractivity contribution >= 4 is 17.3 Å². The molecular formula is C14H10O3. The molecule has 17 heavy (non-hydrogen) atoms. The highest BCUT2D eigenvalue weighted by Gasteiger charge is 2.08. The van der Waals surface area contributed by atoms with E-state index in [1.807, 2.05) is 30.3 Å². The van der Waals surface area contributed by atoms with Crippen molar-refractivity contribution in [3.63, 3.8) is 0 Å². The van der Waals surface area contributed by atoms with Crippen LogP contribution < -0.4 is 0 Å². The molecule has 0 saturated carbocycles. The van der Waals surface area contributed by atoms with Gasteiger partial charge in [0.05, 0.1) is 6.26 Å². The Morgan fingerprint density at radius 1 is 1.12 bits per heavy atom. The molecular weight excluding hydrogens is 216 g/mol. The van der Waals surface area contributed by atoms with Gasteiger partial charge in [0, 0.05) is 17.4 Å². The van der Waals surface area contributed by atoms with Gasteiger partial charge in [0.2, 0.25) is 0 Å². The summed E-state index contributed by atoms with van der Waals surface area (Å²) in [5.41, 5.74) is 1.93. The zero-order chi connectivity index (χ0) is 11.7. The zero-order valence-corrected chi connectivity index (χ0v) is 9.05. The van der Waals surface area contributed by atoms with Gasteiger partial charge in [-0.3, -0.25) is 4.79 Å². The van der Waals surface area contributed by atoms with Crippen LogP contribution in [0.25, 0.3) is 11.0 Å². The first kappa shape index (κ1) is 9.90. The molecule has 1 aromatic carbocycles. The van der Waals surface area contributed by atoms with Crippen LogP contribution >= 0.6 is 0 Å². The molecule has 3 aromatic rings. The molecule has 0 saturated heterocycles. The summed E-state index contributed by atoms with van der Waals surface area (Å²) in [5.74, 6) is 1.12. The first-order valence-electron chi connectivity index (χ1n) is 5.36. The van der Waals surface area contributed by atoms with E-state index in [0.717, 1.165) is 22.3 Å². The first-order valence-corrected chi connectivity index (χ1v) is 5.36. The molecule has 0 aliphatic rings. The van der Waals surface area contributed by atoms with Gasteiger partial charge in [-0.15, -0.1) is 0 Å². The number of carbonyl (C=O) groups excluding carboxylic acids is 1. The number of hydrogen-bond acceptors (Lipinski definition) is 3. The summed E-state index contributed by atoms with van der Waals surface area (Å²) >= 11 is 0. The molecule has 3 nitrogen and oxygen atoms in total. The van der Waals surface area contributed by atoms with E-state index >= 15 is 0 Å². The minimum Gasteiger partial charge on any atom is -0.464 e. The maximum absolute atomic E-state index is 10.5. The summed E-state index contributed by atoms with van der Waals surface area (Å²) in [7, 11) is 0. The Balaban J connectivity index is 1.96. The third-order valence-corrected chi connectivity index (χ3v) is 2.72. The molecule has 3 heteroatoms. The average Bonchev–Trinajstić information content (AvgIpc) is 2.97. The van der Waals surface area contributed by atoms with E-state index in [0.29, 0.717) is 18.5 Å². The van der Waals surface area contributed by atoms with E-state index in [9.17, 15) is 4.79 Å². The smallest absolute Gasteiger partial charge is 0.185 e. The first-order chi connectivity index (χ1) is 8.36. The quantitative estimate of drug-likeness (QED) is 0.642. The van der Waals surface area contributed by atoms with E-state index in [4.69, 9.17) is 8.83 Å². The van der Waals surface area contributed by atoms with Crippen LogP contribution in [0.15, 0.2) is 51.5 Å². The minimum atomic E-state index is 0.354. The number of aldehydes is 1. The Labute approximate surface area is 97.7 Å². The molecule has 0 bridgehead atoms. The van der Waals surface area contributed by atoms with E-state index in [2.05, 4.69) is 0 Å². The molecule has 0 radical (unpaired) electrons. The monoisotopic (exact) mass is 226 g/mol. The molecule has 0 amide bonds. The number of rotatable bonds is 3. The lowest BCUT2D eigenvalue weighted by Gasteiger charge is -1.94. The lowest BCUT2D eigenvalue weighted by molar-refractivity contribution is 0.109. The van der Waals surface area contributed by atoms with Crippen molar-refractivity contribution in [1.29, 1.82) is 0 Å². The molecule has 0 aliphatic carbocycles. The summed E-state index contributed by atoms with van der Waals surface area (Å²) in [6.07, 6.45) is 3.07. The number of para-hydroxylation sites is 1. The van der Waals surface area contributed by atoms with Crippen LogP contribution in [0.4, 0.5) is 0 Å². The van der Waals surface area contributed by atoms with Crippen LogP contribution in [0, 0.1) is 0 Å². The molecule has 0 atom stereocenters. The predicted molar refractivity (Wildman–Crippen MR) is 63.1 cm³/mol. The number of furan rings is 2. The van der Waals surface area contributed by atoms with Gasteiger partial charge >= 0.3 is 0 Å². The van der Waals surface area contributed by atoms with Crippen molar-refractivity contribution in [2.75, 3.05) is 0 Å². The average molecular weight is 226 g/mol. The molecule has 0 aliphatic heterocycles. The molecule has 3 rings (SSSR count). The lowest BCUT2D eigenvalue weighted by atomic mass is 10.1. The number of hydrogen-bond donors (Lipinski definition) is 0. The Morgan fingerprint density at radius 2 is 2.00 bits per heavy atom. The molecule has 84 valence electrons. The molecule has 0 fully saturated rings. The molecule has 2 aromatic heterocycles. The SMILES string of the molecule is O=Cc1ccc(Cc2coc3ccccc23)o1. The Morgan fingerprint density at radius 3 is 2.82 bits per heavy atom. The van der Waals surface area contributed by atoms with Crippen molar-refractivity contribution in [3.05, 3.63) is 59.7 Å². The zero-order valence-electron chi connectivity index (χ0n) is 9.05. The standard InChI is InChI=1S/C14H10O3/c15-8-12-6-5-11(17-12)7-10-9-16-14-4-2-1-3-13(10)14/h1-6,8-9H,7H2. The Hall–Kier alpha value is -2.29.